The van der Waals surface area contributed by atoms with E-state index in [0.717, 1.165) is 6.42 Å². The molecule has 1 amide bonds. The Hall–Kier alpha value is -0.130. The second kappa shape index (κ2) is 10.1. The van der Waals surface area contributed by atoms with Crippen molar-refractivity contribution in [1.29, 1.82) is 0 Å². The van der Waals surface area contributed by atoms with E-state index in [0.29, 0.717) is 32.3 Å². The molecule has 0 aromatic heterocycles. The van der Waals surface area contributed by atoms with Gasteiger partial charge in [0, 0.05) is 20.3 Å². The molecule has 0 rings (SSSR count). The van der Waals surface area contributed by atoms with Crippen LogP contribution in [0.4, 0.5) is 0 Å². The third-order valence-electron chi connectivity index (χ3n) is 2.03. The van der Waals surface area contributed by atoms with Crippen LogP contribution in [0.5, 0.6) is 0 Å². The molecular weight excluding hydrogens is 274 g/mol. The van der Waals surface area contributed by atoms with E-state index < -0.39 is 0 Å². The van der Waals surface area contributed by atoms with Crippen LogP contribution in [0.1, 0.15) is 20.3 Å². The Labute approximate surface area is 106 Å². The first-order valence-corrected chi connectivity index (χ1v) is 6.49. The van der Waals surface area contributed by atoms with Gasteiger partial charge in [-0.3, -0.25) is 4.79 Å². The van der Waals surface area contributed by atoms with E-state index in [9.17, 15) is 4.79 Å². The van der Waals surface area contributed by atoms with Crippen LogP contribution in [-0.4, -0.2) is 44.2 Å². The van der Waals surface area contributed by atoms with Crippen molar-refractivity contribution in [2.24, 2.45) is 5.92 Å². The van der Waals surface area contributed by atoms with Gasteiger partial charge in [-0.1, -0.05) is 29.8 Å². The van der Waals surface area contributed by atoms with Crippen LogP contribution in [0.3, 0.4) is 0 Å². The summed E-state index contributed by atoms with van der Waals surface area (Å²) in [5, 5.41) is 2.86. The van der Waals surface area contributed by atoms with Gasteiger partial charge in [0.1, 0.15) is 0 Å². The highest BCUT2D eigenvalue weighted by atomic mass is 79.9. The van der Waals surface area contributed by atoms with Crippen LogP contribution in [0.25, 0.3) is 0 Å². The van der Waals surface area contributed by atoms with E-state index in [-0.39, 0.29) is 10.7 Å². The first-order valence-electron chi connectivity index (χ1n) is 5.58. The first kappa shape index (κ1) is 15.9. The zero-order chi connectivity index (χ0) is 12.4. The van der Waals surface area contributed by atoms with Crippen molar-refractivity contribution in [3.8, 4) is 0 Å². The smallest absolute Gasteiger partial charge is 0.234 e. The number of hydrogen-bond donors (Lipinski definition) is 1. The summed E-state index contributed by atoms with van der Waals surface area (Å²) in [5.74, 6) is 0.352. The molecule has 0 fully saturated rings. The Morgan fingerprint density at radius 1 is 1.31 bits per heavy atom. The van der Waals surface area contributed by atoms with Crippen LogP contribution in [0.15, 0.2) is 0 Å². The minimum Gasteiger partial charge on any atom is -0.382 e. The van der Waals surface area contributed by atoms with Gasteiger partial charge >= 0.3 is 0 Å². The van der Waals surface area contributed by atoms with Gasteiger partial charge < -0.3 is 14.8 Å². The Morgan fingerprint density at radius 2 is 2.00 bits per heavy atom. The molecule has 0 aliphatic carbocycles. The van der Waals surface area contributed by atoms with Gasteiger partial charge in [-0.2, -0.15) is 0 Å². The van der Waals surface area contributed by atoms with E-state index in [1.807, 2.05) is 13.8 Å². The van der Waals surface area contributed by atoms with Crippen LogP contribution in [-0.2, 0) is 14.3 Å². The van der Waals surface area contributed by atoms with E-state index in [1.54, 1.807) is 7.11 Å². The molecule has 0 bridgehead atoms. The molecule has 0 saturated heterocycles. The average molecular weight is 296 g/mol. The van der Waals surface area contributed by atoms with E-state index >= 15 is 0 Å². The van der Waals surface area contributed by atoms with Crippen molar-refractivity contribution in [2.45, 2.75) is 25.1 Å². The predicted molar refractivity (Wildman–Crippen MR) is 67.9 cm³/mol. The van der Waals surface area contributed by atoms with Crippen LogP contribution < -0.4 is 5.32 Å². The molecule has 0 radical (unpaired) electrons. The average Bonchev–Trinajstić information content (AvgIpc) is 2.26. The number of carbonyl (C=O) groups excluding carboxylic acids is 1. The maximum absolute atomic E-state index is 11.5. The Kier molecular flexibility index (Phi) is 9.97. The largest absolute Gasteiger partial charge is 0.382 e. The maximum Gasteiger partial charge on any atom is 0.234 e. The molecule has 0 aliphatic heterocycles. The lowest BCUT2D eigenvalue weighted by molar-refractivity contribution is -0.121. The Morgan fingerprint density at radius 3 is 2.56 bits per heavy atom. The summed E-state index contributed by atoms with van der Waals surface area (Å²) < 4.78 is 10.1. The fourth-order valence-electron chi connectivity index (χ4n) is 1.03. The predicted octanol–water partition coefficient (Wildman–Crippen LogP) is 1.58. The van der Waals surface area contributed by atoms with Gasteiger partial charge in [0.25, 0.3) is 0 Å². The highest BCUT2D eigenvalue weighted by Gasteiger charge is 2.17. The first-order chi connectivity index (χ1) is 7.59. The minimum absolute atomic E-state index is 0.0480. The lowest BCUT2D eigenvalue weighted by Crippen LogP contribution is -2.34. The van der Waals surface area contributed by atoms with Crippen molar-refractivity contribution >= 4 is 21.8 Å². The van der Waals surface area contributed by atoms with Crippen molar-refractivity contribution in [2.75, 3.05) is 33.5 Å². The second-order valence-corrected chi connectivity index (χ2v) is 4.88. The third kappa shape index (κ3) is 8.07. The quantitative estimate of drug-likeness (QED) is 0.519. The number of carbonyl (C=O) groups is 1. The molecule has 0 aliphatic rings. The van der Waals surface area contributed by atoms with Crippen molar-refractivity contribution in [3.05, 3.63) is 0 Å². The molecule has 0 heterocycles. The van der Waals surface area contributed by atoms with Crippen LogP contribution in [0.2, 0.25) is 0 Å². The molecule has 1 unspecified atom stereocenters. The SMILES string of the molecule is COCCOCCCNC(=O)C(Br)C(C)C. The van der Waals surface area contributed by atoms with Crippen molar-refractivity contribution in [1.82, 2.24) is 5.32 Å². The zero-order valence-corrected chi connectivity index (χ0v) is 11.9. The molecule has 0 saturated carbocycles. The number of amides is 1. The zero-order valence-electron chi connectivity index (χ0n) is 10.3. The fourth-order valence-corrected chi connectivity index (χ4v) is 1.19. The fraction of sp³-hybridized carbons (Fsp3) is 0.909. The molecule has 5 heteroatoms. The highest BCUT2D eigenvalue weighted by molar-refractivity contribution is 9.10. The van der Waals surface area contributed by atoms with E-state index in [2.05, 4.69) is 21.2 Å². The molecule has 0 aromatic rings. The van der Waals surface area contributed by atoms with E-state index in [4.69, 9.17) is 9.47 Å². The van der Waals surface area contributed by atoms with Gasteiger partial charge in [0.05, 0.1) is 18.0 Å². The third-order valence-corrected chi connectivity index (χ3v) is 3.51. The normalized spacial score (nSPS) is 12.8. The summed E-state index contributed by atoms with van der Waals surface area (Å²) in [6.45, 7) is 6.54. The topological polar surface area (TPSA) is 47.6 Å². The minimum atomic E-state index is -0.109. The Bertz CT molecular complexity index is 188. The number of methoxy groups -OCH3 is 1. The molecule has 1 atom stereocenters. The molecule has 96 valence electrons. The summed E-state index contributed by atoms with van der Waals surface area (Å²) in [5.41, 5.74) is 0. The lowest BCUT2D eigenvalue weighted by atomic mass is 10.1. The number of alkyl halides is 1. The van der Waals surface area contributed by atoms with Crippen LogP contribution >= 0.6 is 15.9 Å². The van der Waals surface area contributed by atoms with Gasteiger partial charge in [-0.15, -0.1) is 0 Å². The van der Waals surface area contributed by atoms with Gasteiger partial charge in [0.15, 0.2) is 0 Å². The number of hydrogen-bond acceptors (Lipinski definition) is 3. The van der Waals surface area contributed by atoms with Gasteiger partial charge in [0.2, 0.25) is 5.91 Å². The number of ether oxygens (including phenoxy) is 2. The Balaban J connectivity index is 3.34. The molecular formula is C11H22BrNO3. The molecule has 4 nitrogen and oxygen atoms in total. The lowest BCUT2D eigenvalue weighted by Gasteiger charge is -2.13. The summed E-state index contributed by atoms with van der Waals surface area (Å²) in [6, 6.07) is 0. The molecule has 1 N–H and O–H groups in total. The second-order valence-electron chi connectivity index (χ2n) is 3.90. The molecule has 0 spiro atoms. The number of rotatable bonds is 9. The van der Waals surface area contributed by atoms with Crippen molar-refractivity contribution in [3.63, 3.8) is 0 Å². The number of nitrogens with one attached hydrogen (secondary N) is 1. The molecule has 16 heavy (non-hydrogen) atoms. The standard InChI is InChI=1S/C11H22BrNO3/c1-9(2)10(12)11(14)13-5-4-6-16-8-7-15-3/h9-10H,4-8H2,1-3H3,(H,13,14). The van der Waals surface area contributed by atoms with Crippen molar-refractivity contribution < 1.29 is 14.3 Å². The van der Waals surface area contributed by atoms with Crippen LogP contribution in [0, 0.1) is 5.92 Å². The summed E-state index contributed by atoms with van der Waals surface area (Å²) in [6.07, 6.45) is 0.827. The van der Waals surface area contributed by atoms with Gasteiger partial charge in [-0.05, 0) is 12.3 Å². The van der Waals surface area contributed by atoms with E-state index in [1.165, 1.54) is 0 Å². The number of halogens is 1. The maximum atomic E-state index is 11.5. The summed E-state index contributed by atoms with van der Waals surface area (Å²) in [4.78, 5) is 11.4. The summed E-state index contributed by atoms with van der Waals surface area (Å²) in [7, 11) is 1.64. The monoisotopic (exact) mass is 295 g/mol. The summed E-state index contributed by atoms with van der Waals surface area (Å²) >= 11 is 3.35. The molecule has 0 aromatic carbocycles. The van der Waals surface area contributed by atoms with Gasteiger partial charge in [-0.25, -0.2) is 0 Å². The highest BCUT2D eigenvalue weighted by Crippen LogP contribution is 2.11.